The van der Waals surface area contributed by atoms with E-state index in [1.165, 1.54) is 6.26 Å². The van der Waals surface area contributed by atoms with Gasteiger partial charge >= 0.3 is 0 Å². The topological polar surface area (TPSA) is 63.4 Å². The van der Waals surface area contributed by atoms with Gasteiger partial charge < -0.3 is 10.6 Å². The molecule has 0 aliphatic rings. The van der Waals surface area contributed by atoms with Crippen molar-refractivity contribution in [3.05, 3.63) is 18.2 Å². The Morgan fingerprint density at radius 2 is 1.89 bits per heavy atom. The molecule has 0 spiro atoms. The maximum absolute atomic E-state index is 11.6. The third-order valence-corrected chi connectivity index (χ3v) is 5.19. The minimum Gasteiger partial charge on any atom is -0.397 e. The number of hydrogen-bond donors (Lipinski definition) is 1. The summed E-state index contributed by atoms with van der Waals surface area (Å²) in [6, 6.07) is 5.17. The zero-order chi connectivity index (χ0) is 14.5. The predicted octanol–water partition coefficient (Wildman–Crippen LogP) is 2.11. The molecule has 1 aromatic rings. The van der Waals surface area contributed by atoms with Gasteiger partial charge in [-0.25, -0.2) is 8.42 Å². The number of thioether (sulfide) groups is 1. The smallest absolute Gasteiger partial charge is 0.177 e. The van der Waals surface area contributed by atoms with Crippen LogP contribution in [0.25, 0.3) is 0 Å². The Hall–Kier alpha value is -0.720. The highest BCUT2D eigenvalue weighted by molar-refractivity contribution is 7.99. The first-order chi connectivity index (χ1) is 8.90. The Morgan fingerprint density at radius 3 is 2.42 bits per heavy atom. The SMILES string of the molecule is CCN(CC)CCSc1cccc(S(C)(=O)=O)c1N. The minimum absolute atomic E-state index is 0.223. The molecule has 0 bridgehead atoms. The summed E-state index contributed by atoms with van der Waals surface area (Å²) in [6.07, 6.45) is 1.18. The second kappa shape index (κ2) is 7.17. The van der Waals surface area contributed by atoms with Crippen LogP contribution >= 0.6 is 11.8 Å². The van der Waals surface area contributed by atoms with Gasteiger partial charge in [0.25, 0.3) is 0 Å². The van der Waals surface area contributed by atoms with Crippen LogP contribution in [0.1, 0.15) is 13.8 Å². The number of hydrogen-bond acceptors (Lipinski definition) is 5. The molecule has 4 nitrogen and oxygen atoms in total. The van der Waals surface area contributed by atoms with Gasteiger partial charge in [-0.15, -0.1) is 11.8 Å². The average Bonchev–Trinajstić information content (AvgIpc) is 2.35. The molecular weight excluding hydrogens is 280 g/mol. The fourth-order valence-electron chi connectivity index (χ4n) is 1.80. The summed E-state index contributed by atoms with van der Waals surface area (Å²) in [5.41, 5.74) is 6.31. The van der Waals surface area contributed by atoms with Crippen molar-refractivity contribution in [2.75, 3.05) is 37.4 Å². The van der Waals surface area contributed by atoms with Crippen LogP contribution in [-0.4, -0.2) is 45.0 Å². The molecule has 1 aromatic carbocycles. The Labute approximate surface area is 120 Å². The summed E-state index contributed by atoms with van der Waals surface area (Å²) in [5.74, 6) is 0.902. The first-order valence-electron chi connectivity index (χ1n) is 6.33. The minimum atomic E-state index is -3.26. The first-order valence-corrected chi connectivity index (χ1v) is 9.21. The van der Waals surface area contributed by atoms with Crippen LogP contribution in [0.5, 0.6) is 0 Å². The molecular formula is C13H22N2O2S2. The molecule has 108 valence electrons. The van der Waals surface area contributed by atoms with Crippen molar-refractivity contribution in [1.29, 1.82) is 0 Å². The normalized spacial score (nSPS) is 12.0. The van der Waals surface area contributed by atoms with Crippen molar-refractivity contribution >= 4 is 27.3 Å². The van der Waals surface area contributed by atoms with Crippen molar-refractivity contribution in [2.45, 2.75) is 23.6 Å². The second-order valence-corrected chi connectivity index (χ2v) is 7.44. The van der Waals surface area contributed by atoms with E-state index in [0.29, 0.717) is 5.69 Å². The predicted molar refractivity (Wildman–Crippen MR) is 82.5 cm³/mol. The number of rotatable bonds is 7. The van der Waals surface area contributed by atoms with E-state index >= 15 is 0 Å². The summed E-state index contributed by atoms with van der Waals surface area (Å²) < 4.78 is 23.2. The molecule has 0 amide bonds. The number of nitrogens with zero attached hydrogens (tertiary/aromatic N) is 1. The molecule has 0 aliphatic heterocycles. The van der Waals surface area contributed by atoms with Crippen molar-refractivity contribution in [3.8, 4) is 0 Å². The highest BCUT2D eigenvalue weighted by Gasteiger charge is 2.14. The van der Waals surface area contributed by atoms with Crippen LogP contribution in [0.3, 0.4) is 0 Å². The van der Waals surface area contributed by atoms with Crippen LogP contribution in [-0.2, 0) is 9.84 Å². The van der Waals surface area contributed by atoms with Gasteiger partial charge in [0.2, 0.25) is 0 Å². The summed E-state index contributed by atoms with van der Waals surface area (Å²) >= 11 is 1.61. The van der Waals surface area contributed by atoms with E-state index < -0.39 is 9.84 Å². The molecule has 2 N–H and O–H groups in total. The monoisotopic (exact) mass is 302 g/mol. The fourth-order valence-corrected chi connectivity index (χ4v) is 3.71. The lowest BCUT2D eigenvalue weighted by Crippen LogP contribution is -2.25. The molecule has 0 unspecified atom stereocenters. The van der Waals surface area contributed by atoms with Gasteiger partial charge in [-0.2, -0.15) is 0 Å². The molecule has 0 heterocycles. The maximum atomic E-state index is 11.6. The van der Waals surface area contributed by atoms with Crippen molar-refractivity contribution < 1.29 is 8.42 Å². The van der Waals surface area contributed by atoms with Gasteiger partial charge in [-0.1, -0.05) is 19.9 Å². The van der Waals surface area contributed by atoms with E-state index in [1.807, 2.05) is 6.07 Å². The average molecular weight is 302 g/mol. The highest BCUT2D eigenvalue weighted by Crippen LogP contribution is 2.30. The Morgan fingerprint density at radius 1 is 1.26 bits per heavy atom. The number of para-hydroxylation sites is 1. The van der Waals surface area contributed by atoms with Crippen molar-refractivity contribution in [1.82, 2.24) is 4.90 Å². The van der Waals surface area contributed by atoms with Gasteiger partial charge in [0.05, 0.1) is 10.6 Å². The summed E-state index contributed by atoms with van der Waals surface area (Å²) in [6.45, 7) is 7.28. The van der Waals surface area contributed by atoms with E-state index in [0.717, 1.165) is 30.3 Å². The number of sulfone groups is 1. The molecule has 0 saturated heterocycles. The molecule has 6 heteroatoms. The zero-order valence-electron chi connectivity index (χ0n) is 11.7. The highest BCUT2D eigenvalue weighted by atomic mass is 32.2. The lowest BCUT2D eigenvalue weighted by molar-refractivity contribution is 0.324. The number of benzene rings is 1. The summed E-state index contributed by atoms with van der Waals surface area (Å²) in [7, 11) is -3.26. The zero-order valence-corrected chi connectivity index (χ0v) is 13.4. The quantitative estimate of drug-likeness (QED) is 0.617. The Bertz CT molecular complexity index is 511. The molecule has 0 aromatic heterocycles. The van der Waals surface area contributed by atoms with Crippen LogP contribution < -0.4 is 5.73 Å². The van der Waals surface area contributed by atoms with Gasteiger partial charge in [0, 0.05) is 23.4 Å². The van der Waals surface area contributed by atoms with Gasteiger partial charge in [0.15, 0.2) is 9.84 Å². The third-order valence-electron chi connectivity index (χ3n) is 2.99. The Kier molecular flexibility index (Phi) is 6.16. The van der Waals surface area contributed by atoms with Gasteiger partial charge in [-0.3, -0.25) is 0 Å². The molecule has 0 fully saturated rings. The van der Waals surface area contributed by atoms with Crippen LogP contribution in [0, 0.1) is 0 Å². The number of nitrogen functional groups attached to an aromatic ring is 1. The summed E-state index contributed by atoms with van der Waals surface area (Å²) in [5, 5.41) is 0. The van der Waals surface area contributed by atoms with Gasteiger partial charge in [0.1, 0.15) is 0 Å². The van der Waals surface area contributed by atoms with Crippen LogP contribution in [0.4, 0.5) is 5.69 Å². The number of anilines is 1. The van der Waals surface area contributed by atoms with E-state index in [9.17, 15) is 8.42 Å². The van der Waals surface area contributed by atoms with Crippen LogP contribution in [0.15, 0.2) is 28.0 Å². The lowest BCUT2D eigenvalue weighted by Gasteiger charge is -2.17. The second-order valence-electron chi connectivity index (χ2n) is 4.32. The number of nitrogens with two attached hydrogens (primary N) is 1. The molecule has 0 saturated carbocycles. The third kappa shape index (κ3) is 4.71. The molecule has 0 atom stereocenters. The largest absolute Gasteiger partial charge is 0.397 e. The first kappa shape index (κ1) is 16.3. The van der Waals surface area contributed by atoms with E-state index in [-0.39, 0.29) is 4.90 Å². The molecule has 0 aliphatic carbocycles. The van der Waals surface area contributed by atoms with E-state index in [4.69, 9.17) is 5.73 Å². The lowest BCUT2D eigenvalue weighted by atomic mass is 10.3. The molecule has 0 radical (unpaired) electrons. The maximum Gasteiger partial charge on any atom is 0.177 e. The molecule has 19 heavy (non-hydrogen) atoms. The molecule has 1 rings (SSSR count). The summed E-state index contributed by atoms with van der Waals surface area (Å²) in [4.78, 5) is 3.39. The van der Waals surface area contributed by atoms with E-state index in [1.54, 1.807) is 23.9 Å². The van der Waals surface area contributed by atoms with Crippen molar-refractivity contribution in [3.63, 3.8) is 0 Å². The van der Waals surface area contributed by atoms with Crippen molar-refractivity contribution in [2.24, 2.45) is 0 Å². The Balaban J connectivity index is 2.75. The fraction of sp³-hybridized carbons (Fsp3) is 0.538. The standard InChI is InChI=1S/C13H22N2O2S2/c1-4-15(5-2)9-10-18-11-7-6-8-12(13(11)14)19(3,16)17/h6-8H,4-5,9-10,14H2,1-3H3. The van der Waals surface area contributed by atoms with Crippen LogP contribution in [0.2, 0.25) is 0 Å². The van der Waals surface area contributed by atoms with E-state index in [2.05, 4.69) is 18.7 Å². The van der Waals surface area contributed by atoms with Gasteiger partial charge in [-0.05, 0) is 25.2 Å².